The SMILES string of the molecule is C=C1CC2CCC(O)/C=C/[C@H](O[Si](C)(C)C(C)(C)C)[C@@H]3O[C@H]4CCC(CC(=O)C[C@@H]5[C@@H](C)[C@@H](C[C@H](C)CC)O[C@H]5C[C@H]5O[C@@H](CC[C@@H]1O2)C[C@@H](C)C5=C)O[C@@H]4[C@H](C)[C@@H]3C.C=C1C[C@H](CCC=O)O[C@H]1CC[C@H]1C[C@@H](C)C(=C)[C@@H](C[C@@H]2O[C@H](C[C@H](C)CC)[C@H](C)[C@H]2CC(=O)CC2CC[C@@H]3O[C@@H]([C@H](/C=C/I)O[Si](C)(C)C(C)(C)C)[C@@H](O[Si](C)(C)C(C)(C)C)[C@@H](C)[C@H]3O2)O1. The first kappa shape index (κ1) is 106. The molecule has 720 valence electrons. The van der Waals surface area contributed by atoms with Crippen molar-refractivity contribution in [1.82, 2.24) is 0 Å². The molecule has 0 aromatic rings. The molecule has 10 saturated heterocycles. The number of aliphatic hydroxyl groups is 1. The molecule has 0 aromatic carbocycles. The van der Waals surface area contributed by atoms with Gasteiger partial charge in [-0.05, 0) is 255 Å². The van der Waals surface area contributed by atoms with Crippen LogP contribution in [0, 0.1) is 65.1 Å². The van der Waals surface area contributed by atoms with Crippen LogP contribution in [-0.4, -0.2) is 194 Å². The maximum atomic E-state index is 14.5. The highest BCUT2D eigenvalue weighted by molar-refractivity contribution is 14.1. The molecule has 1 N–H and O–H groups in total. The fourth-order valence-electron chi connectivity index (χ4n) is 21.7. The van der Waals surface area contributed by atoms with Crippen LogP contribution in [0.3, 0.4) is 0 Å². The molecule has 17 nitrogen and oxygen atoms in total. The topological polar surface area (TPSA) is 191 Å². The van der Waals surface area contributed by atoms with Gasteiger partial charge in [-0.1, -0.05) is 212 Å². The molecule has 13 aliphatic rings. The van der Waals surface area contributed by atoms with E-state index in [0.29, 0.717) is 68.6 Å². The Hall–Kier alpha value is -1.73. The second kappa shape index (κ2) is 45.5. The Balaban J connectivity index is 0.000000265. The molecule has 0 amide bonds. The van der Waals surface area contributed by atoms with Gasteiger partial charge in [0.1, 0.15) is 24.0 Å². The summed E-state index contributed by atoms with van der Waals surface area (Å²) in [5, 5.41) is 11.4. The predicted molar refractivity (Wildman–Crippen MR) is 525 cm³/mol. The third-order valence-corrected chi connectivity index (χ3v) is 48.0. The van der Waals surface area contributed by atoms with Gasteiger partial charge in [-0.3, -0.25) is 9.59 Å². The van der Waals surface area contributed by atoms with Crippen molar-refractivity contribution in [2.75, 3.05) is 0 Å². The second-order valence-corrected chi connectivity index (χ2v) is 61.7. The molecule has 4 unspecified atom stereocenters. The van der Waals surface area contributed by atoms with Gasteiger partial charge in [0, 0.05) is 50.9 Å². The predicted octanol–water partition coefficient (Wildman–Crippen LogP) is 24.4. The number of ether oxygens (including phenoxy) is 10. The van der Waals surface area contributed by atoms with Gasteiger partial charge in [0.15, 0.2) is 25.0 Å². The minimum absolute atomic E-state index is 0.00174. The Morgan fingerprint density at radius 2 is 1.12 bits per heavy atom. The monoisotopic (exact) mass is 1920 g/mol. The van der Waals surface area contributed by atoms with E-state index < -0.39 is 31.1 Å². The van der Waals surface area contributed by atoms with E-state index in [-0.39, 0.29) is 208 Å². The lowest BCUT2D eigenvalue weighted by molar-refractivity contribution is -0.251. The van der Waals surface area contributed by atoms with Crippen molar-refractivity contribution in [3.8, 4) is 0 Å². The van der Waals surface area contributed by atoms with Gasteiger partial charge in [0.2, 0.25) is 0 Å². The molecule has 13 heterocycles. The number of ketones is 2. The molecular weight excluding hydrogens is 1740 g/mol. The molecule has 0 saturated carbocycles. The number of carbonyl (C=O) groups is 3. The van der Waals surface area contributed by atoms with Crippen LogP contribution in [-0.2, 0) is 75.0 Å². The fourth-order valence-corrected chi connectivity index (χ4v) is 26.0. The van der Waals surface area contributed by atoms with Crippen molar-refractivity contribution >= 4 is 65.4 Å². The van der Waals surface area contributed by atoms with Gasteiger partial charge in [0.25, 0.3) is 0 Å². The van der Waals surface area contributed by atoms with Crippen LogP contribution in [0.4, 0.5) is 0 Å². The lowest BCUT2D eigenvalue weighted by Crippen LogP contribution is -2.64. The van der Waals surface area contributed by atoms with Gasteiger partial charge < -0.3 is 70.5 Å². The second-order valence-electron chi connectivity index (χ2n) is 46.7. The van der Waals surface area contributed by atoms with E-state index in [1.165, 1.54) is 0 Å². The molecule has 0 aromatic heterocycles. The smallest absolute Gasteiger partial charge is 0.193 e. The minimum atomic E-state index is -2.24. The Morgan fingerprint density at radius 3 is 1.77 bits per heavy atom. The summed E-state index contributed by atoms with van der Waals surface area (Å²) >= 11 is 2.31. The molecular formula is C105H179IO17Si3. The molecule has 13 aliphatic heterocycles. The summed E-state index contributed by atoms with van der Waals surface area (Å²) in [6, 6.07) is 0. The van der Waals surface area contributed by atoms with Crippen molar-refractivity contribution in [2.45, 2.75) is 506 Å². The molecule has 21 heteroatoms. The molecule has 13 rings (SSSR count). The van der Waals surface area contributed by atoms with E-state index in [4.69, 9.17) is 60.6 Å². The number of aliphatic hydroxyl groups excluding tert-OH is 1. The minimum Gasteiger partial charge on any atom is -0.411 e. The number of halogens is 1. The summed E-state index contributed by atoms with van der Waals surface area (Å²) in [6.45, 7) is 77.4. The maximum Gasteiger partial charge on any atom is 0.193 e. The van der Waals surface area contributed by atoms with Crippen molar-refractivity contribution in [2.24, 2.45) is 65.1 Å². The van der Waals surface area contributed by atoms with E-state index in [9.17, 15) is 19.5 Å². The van der Waals surface area contributed by atoms with Crippen LogP contribution in [0.25, 0.3) is 0 Å². The molecule has 126 heavy (non-hydrogen) atoms. The quantitative estimate of drug-likeness (QED) is 0.0372. The normalized spacial score (nSPS) is 40.3. The Morgan fingerprint density at radius 1 is 0.532 bits per heavy atom. The Labute approximate surface area is 782 Å². The first-order valence-electron chi connectivity index (χ1n) is 50.3. The standard InChI is InChI=1S/C55H95IO9Si2.C50H84O8Si/c1-18-34(2)28-48-38(6)44(50(62-48)33-49-37(5)35(3)29-42(60-49)21-23-45-36(4)30-41(59-45)20-19-27-57)32-40(58)31-43-22-24-46-51(61-43)39(7)52(65-67(16,17)55(11,12)13)53(63-46)47(25-26-56)64-66(14,15)54(8,9)10;1-14-29(2)23-45-35(8)41-27-37(52)26-40-19-22-43-48(55-40)33(6)34(7)49(57-43)44(58-59(12,13)50(9,10)11)20-16-36(51)15-17-38-25-31(4)42(53-38)21-18-39-24-30(3)32(5)46(54-39)28-47(41)56-45/h25-27,34-35,38-39,41-53H,4-5,18-24,28-33H2,1-3,6-17H3;16,20,29-30,33-36,38-49,51H,4-5,14-15,17-19,21-28H2,1-3,6-13H3/b26-25+;20-16+/t34-,35-,38-,39+,41+,42+,43?,44-,45+,46+,47+,48-,49-,50+,51-,52+,53+;29-,30-,33-,34+,35-,36?,38?,39+,40?,41-,42+,43+,44+,45-,46-,47+,48-,49-/m11/s1. The zero-order valence-electron chi connectivity index (χ0n) is 83.7. The summed E-state index contributed by atoms with van der Waals surface area (Å²) in [4.78, 5) is 39.6. The van der Waals surface area contributed by atoms with Gasteiger partial charge in [-0.25, -0.2) is 0 Å². The molecule has 35 atom stereocenters. The average Bonchev–Trinajstić information content (AvgIpc) is 1.02. The number of carbonyl (C=O) groups excluding carboxylic acids is 3. The van der Waals surface area contributed by atoms with Crippen molar-refractivity contribution < 1.29 is 80.1 Å². The van der Waals surface area contributed by atoms with Crippen molar-refractivity contribution in [3.05, 3.63) is 70.9 Å². The lowest BCUT2D eigenvalue weighted by Gasteiger charge is -2.54. The first-order valence-corrected chi connectivity index (χ1v) is 60.3. The zero-order valence-corrected chi connectivity index (χ0v) is 88.8. The maximum absolute atomic E-state index is 14.5. The van der Waals surface area contributed by atoms with E-state index in [1.54, 1.807) is 0 Å². The summed E-state index contributed by atoms with van der Waals surface area (Å²) in [5.41, 5.74) is 4.56. The van der Waals surface area contributed by atoms with Crippen LogP contribution in [0.5, 0.6) is 0 Å². The van der Waals surface area contributed by atoms with E-state index in [2.05, 4.69) is 243 Å². The number of Topliss-reactive ketones (excluding diaryl/α,β-unsaturated/α-hetero) is 2. The summed E-state index contributed by atoms with van der Waals surface area (Å²) in [7, 11) is -6.62. The number of fused-ring (bicyclic) bond motifs is 3. The van der Waals surface area contributed by atoms with Gasteiger partial charge in [-0.15, -0.1) is 0 Å². The fraction of sp³-hybridized carbons (Fsp3) is 0.857. The van der Waals surface area contributed by atoms with E-state index >= 15 is 0 Å². The Kier molecular flexibility index (Phi) is 38.4. The van der Waals surface area contributed by atoms with E-state index in [1.807, 2.05) is 6.08 Å². The average molecular weight is 1920 g/mol. The van der Waals surface area contributed by atoms with Gasteiger partial charge in [-0.2, -0.15) is 0 Å². The van der Waals surface area contributed by atoms with Gasteiger partial charge in [0.05, 0.1) is 140 Å². The Bertz CT molecular complexity index is 3610. The molecule has 10 fully saturated rings. The van der Waals surface area contributed by atoms with Crippen LogP contribution in [0.1, 0.15) is 305 Å². The largest absolute Gasteiger partial charge is 0.411 e. The molecule has 0 spiro atoms. The molecule has 8 bridgehead atoms. The summed E-state index contributed by atoms with van der Waals surface area (Å²) < 4.78 is 92.6. The highest BCUT2D eigenvalue weighted by Gasteiger charge is 2.57. The summed E-state index contributed by atoms with van der Waals surface area (Å²) in [6.07, 6.45) is 25.3. The summed E-state index contributed by atoms with van der Waals surface area (Å²) in [5.74, 6) is 3.46. The lowest BCUT2D eigenvalue weighted by atomic mass is 9.76. The highest BCUT2D eigenvalue weighted by atomic mass is 127. The number of aldehydes is 1. The molecule has 0 radical (unpaired) electrons. The third kappa shape index (κ3) is 27.2. The molecule has 0 aliphatic carbocycles. The van der Waals surface area contributed by atoms with Crippen molar-refractivity contribution in [1.29, 1.82) is 0 Å². The number of hydrogen-bond acceptors (Lipinski definition) is 17. The van der Waals surface area contributed by atoms with Crippen LogP contribution in [0.15, 0.2) is 70.9 Å². The van der Waals surface area contributed by atoms with Crippen LogP contribution < -0.4 is 0 Å². The number of rotatable bonds is 26. The van der Waals surface area contributed by atoms with Crippen LogP contribution >= 0.6 is 22.6 Å². The van der Waals surface area contributed by atoms with E-state index in [0.717, 1.165) is 151 Å². The van der Waals surface area contributed by atoms with Crippen LogP contribution in [0.2, 0.25) is 54.4 Å². The third-order valence-electron chi connectivity index (χ3n) is 34.1. The number of hydrogen-bond donors (Lipinski definition) is 1. The highest BCUT2D eigenvalue weighted by Crippen LogP contribution is 2.52. The first-order chi connectivity index (χ1) is 58.9. The van der Waals surface area contributed by atoms with Crippen molar-refractivity contribution in [3.63, 3.8) is 0 Å². The zero-order chi connectivity index (χ0) is 92.8. The van der Waals surface area contributed by atoms with Gasteiger partial charge >= 0.3 is 0 Å².